The number of carbonyl (C=O) groups is 4. The SMILES string of the molecule is Cn1cccc1CC(=O)N1CCC[C@H]1CC(=O)Nc1ccc(-c2cnc(-c3ccc(NC(=O)C[C@@H]4CCCN4C(=O)Cc4cccn4C)cc3)o2)cc1. The van der Waals surface area contributed by atoms with Crippen LogP contribution in [0.4, 0.5) is 11.4 Å². The molecule has 2 aromatic carbocycles. The molecule has 5 heterocycles. The highest BCUT2D eigenvalue weighted by atomic mass is 16.4. The third-order valence-corrected chi connectivity index (χ3v) is 10.4. The molecule has 2 aliphatic rings. The van der Waals surface area contributed by atoms with Crippen LogP contribution in [-0.2, 0) is 46.1 Å². The number of oxazole rings is 1. The van der Waals surface area contributed by atoms with E-state index in [9.17, 15) is 19.2 Å². The Balaban J connectivity index is 0.887. The van der Waals surface area contributed by atoms with Crippen molar-refractivity contribution in [2.75, 3.05) is 23.7 Å². The summed E-state index contributed by atoms with van der Waals surface area (Å²) in [5.41, 5.74) is 4.80. The first-order valence-electron chi connectivity index (χ1n) is 18.3. The van der Waals surface area contributed by atoms with Gasteiger partial charge in [0.05, 0.1) is 19.0 Å². The Kier molecular flexibility index (Phi) is 10.6. The molecule has 2 fully saturated rings. The average molecular weight is 716 g/mol. The number of aromatic nitrogens is 3. The van der Waals surface area contributed by atoms with Gasteiger partial charge in [-0.25, -0.2) is 4.98 Å². The van der Waals surface area contributed by atoms with Gasteiger partial charge in [0.2, 0.25) is 29.5 Å². The Hall–Kier alpha value is -5.91. The molecule has 2 N–H and O–H groups in total. The van der Waals surface area contributed by atoms with Crippen molar-refractivity contribution in [2.24, 2.45) is 14.1 Å². The van der Waals surface area contributed by atoms with E-state index in [0.717, 1.165) is 48.2 Å². The second-order valence-corrected chi connectivity index (χ2v) is 14.0. The number of nitrogens with zero attached hydrogens (tertiary/aromatic N) is 5. The lowest BCUT2D eigenvalue weighted by atomic mass is 10.1. The van der Waals surface area contributed by atoms with Gasteiger partial charge < -0.3 is 34.0 Å². The van der Waals surface area contributed by atoms with Crippen molar-refractivity contribution in [1.82, 2.24) is 23.9 Å². The van der Waals surface area contributed by atoms with Gasteiger partial charge in [0.1, 0.15) is 0 Å². The summed E-state index contributed by atoms with van der Waals surface area (Å²) in [4.78, 5) is 60.1. The molecular formula is C41H45N7O5. The van der Waals surface area contributed by atoms with Gasteiger partial charge in [-0.05, 0) is 98.5 Å². The summed E-state index contributed by atoms with van der Waals surface area (Å²) in [7, 11) is 3.86. The zero-order valence-corrected chi connectivity index (χ0v) is 30.2. The number of hydrogen-bond donors (Lipinski definition) is 2. The zero-order chi connectivity index (χ0) is 36.9. The lowest BCUT2D eigenvalue weighted by Crippen LogP contribution is -2.38. The molecule has 5 aromatic rings. The van der Waals surface area contributed by atoms with E-state index >= 15 is 0 Å². The van der Waals surface area contributed by atoms with Crippen molar-refractivity contribution in [1.29, 1.82) is 0 Å². The van der Waals surface area contributed by atoms with E-state index in [0.29, 0.717) is 49.0 Å². The molecule has 7 rings (SSSR count). The van der Waals surface area contributed by atoms with E-state index in [-0.39, 0.29) is 48.6 Å². The maximum Gasteiger partial charge on any atom is 0.228 e. The molecule has 12 nitrogen and oxygen atoms in total. The second-order valence-electron chi connectivity index (χ2n) is 14.0. The lowest BCUT2D eigenvalue weighted by Gasteiger charge is -2.24. The highest BCUT2D eigenvalue weighted by molar-refractivity contribution is 5.93. The summed E-state index contributed by atoms with van der Waals surface area (Å²) in [5.74, 6) is 0.867. The van der Waals surface area contributed by atoms with Gasteiger partial charge in [0.25, 0.3) is 0 Å². The number of aryl methyl sites for hydroxylation is 2. The molecule has 0 unspecified atom stereocenters. The molecule has 0 saturated carbocycles. The molecule has 274 valence electrons. The molecule has 0 spiro atoms. The summed E-state index contributed by atoms with van der Waals surface area (Å²) < 4.78 is 9.97. The summed E-state index contributed by atoms with van der Waals surface area (Å²) in [5, 5.41) is 5.94. The summed E-state index contributed by atoms with van der Waals surface area (Å²) in [6.45, 7) is 1.35. The Labute approximate surface area is 308 Å². The van der Waals surface area contributed by atoms with Crippen LogP contribution in [-0.4, -0.2) is 72.7 Å². The molecule has 0 bridgehead atoms. The largest absolute Gasteiger partial charge is 0.436 e. The van der Waals surface area contributed by atoms with Gasteiger partial charge in [-0.1, -0.05) is 0 Å². The van der Waals surface area contributed by atoms with Crippen LogP contribution in [0.5, 0.6) is 0 Å². The zero-order valence-electron chi connectivity index (χ0n) is 30.2. The van der Waals surface area contributed by atoms with Crippen LogP contribution in [0.3, 0.4) is 0 Å². The number of anilines is 2. The molecule has 0 radical (unpaired) electrons. The van der Waals surface area contributed by atoms with Crippen LogP contribution in [0.2, 0.25) is 0 Å². The summed E-state index contributed by atoms with van der Waals surface area (Å²) >= 11 is 0. The average Bonchev–Trinajstić information content (AvgIpc) is 4.00. The second kappa shape index (κ2) is 15.8. The Morgan fingerprint density at radius 3 is 1.60 bits per heavy atom. The van der Waals surface area contributed by atoms with Crippen molar-refractivity contribution in [3.63, 3.8) is 0 Å². The van der Waals surface area contributed by atoms with Gasteiger partial charge in [-0.15, -0.1) is 0 Å². The van der Waals surface area contributed by atoms with Crippen molar-refractivity contribution >= 4 is 35.0 Å². The minimum absolute atomic E-state index is 0.0516. The minimum atomic E-state index is -0.131. The normalized spacial score (nSPS) is 16.9. The van der Waals surface area contributed by atoms with Gasteiger partial charge in [0.15, 0.2) is 5.76 Å². The number of amides is 4. The monoisotopic (exact) mass is 715 g/mol. The van der Waals surface area contributed by atoms with E-state index in [1.54, 1.807) is 6.20 Å². The van der Waals surface area contributed by atoms with E-state index in [2.05, 4.69) is 15.6 Å². The first-order chi connectivity index (χ1) is 25.7. The van der Waals surface area contributed by atoms with Crippen LogP contribution >= 0.6 is 0 Å². The third-order valence-electron chi connectivity index (χ3n) is 10.4. The number of rotatable bonds is 12. The predicted molar refractivity (Wildman–Crippen MR) is 202 cm³/mol. The molecule has 4 amide bonds. The first-order valence-corrected chi connectivity index (χ1v) is 18.3. The van der Waals surface area contributed by atoms with Crippen LogP contribution in [0, 0.1) is 0 Å². The van der Waals surface area contributed by atoms with Gasteiger partial charge in [0, 0.05) is 98.4 Å². The number of benzene rings is 2. The quantitative estimate of drug-likeness (QED) is 0.168. The fourth-order valence-corrected chi connectivity index (χ4v) is 7.43. The van der Waals surface area contributed by atoms with Crippen molar-refractivity contribution in [3.8, 4) is 22.8 Å². The molecule has 2 saturated heterocycles. The van der Waals surface area contributed by atoms with Gasteiger partial charge in [-0.2, -0.15) is 0 Å². The molecule has 3 aromatic heterocycles. The van der Waals surface area contributed by atoms with Crippen LogP contribution < -0.4 is 10.6 Å². The van der Waals surface area contributed by atoms with Crippen LogP contribution in [0.15, 0.2) is 95.8 Å². The Morgan fingerprint density at radius 2 is 1.15 bits per heavy atom. The van der Waals surface area contributed by atoms with Crippen LogP contribution in [0.1, 0.15) is 49.9 Å². The number of carbonyl (C=O) groups excluding carboxylic acids is 4. The molecular weight excluding hydrogens is 670 g/mol. The van der Waals surface area contributed by atoms with Crippen molar-refractivity contribution in [2.45, 2.75) is 63.5 Å². The maximum atomic E-state index is 13.0. The number of nitrogens with one attached hydrogen (secondary N) is 2. The predicted octanol–water partition coefficient (Wildman–Crippen LogP) is 5.81. The fraction of sp³-hybridized carbons (Fsp3) is 0.341. The van der Waals surface area contributed by atoms with E-state index in [1.807, 2.05) is 118 Å². The standard InChI is InChI=1S/C41H45N7O5/c1-45-19-3-7-32(45)25-39(51)47-21-5-9-34(47)23-37(49)43-30-15-11-28(12-16-30)36-27-42-41(53-36)29-13-17-31(18-14-29)44-38(50)24-35-10-6-22-48(35)40(52)26-33-8-4-20-46(33)2/h3-4,7-8,11-20,27,34-35H,5-6,9-10,21-26H2,1-2H3,(H,43,49)(H,44,50)/t34-,35-/m0/s1. The van der Waals surface area contributed by atoms with Gasteiger partial charge >= 0.3 is 0 Å². The topological polar surface area (TPSA) is 135 Å². The van der Waals surface area contributed by atoms with E-state index in [1.165, 1.54) is 0 Å². The number of hydrogen-bond acceptors (Lipinski definition) is 6. The highest BCUT2D eigenvalue weighted by Crippen LogP contribution is 2.29. The Bertz CT molecular complexity index is 1930. The fourth-order valence-electron chi connectivity index (χ4n) is 7.43. The molecule has 2 aliphatic heterocycles. The Morgan fingerprint density at radius 1 is 0.679 bits per heavy atom. The van der Waals surface area contributed by atoms with E-state index in [4.69, 9.17) is 4.42 Å². The first kappa shape index (κ1) is 35.5. The smallest absolute Gasteiger partial charge is 0.228 e. The van der Waals surface area contributed by atoms with E-state index < -0.39 is 0 Å². The van der Waals surface area contributed by atoms with Crippen molar-refractivity contribution in [3.05, 3.63) is 103 Å². The highest BCUT2D eigenvalue weighted by Gasteiger charge is 2.32. The summed E-state index contributed by atoms with van der Waals surface area (Å²) in [6, 6.07) is 22.2. The molecule has 2 atom stereocenters. The lowest BCUT2D eigenvalue weighted by molar-refractivity contribution is -0.133. The molecule has 12 heteroatoms. The van der Waals surface area contributed by atoms with Gasteiger partial charge in [-0.3, -0.25) is 19.2 Å². The maximum absolute atomic E-state index is 13.0. The van der Waals surface area contributed by atoms with Crippen LogP contribution in [0.25, 0.3) is 22.8 Å². The van der Waals surface area contributed by atoms with Crippen molar-refractivity contribution < 1.29 is 23.6 Å². The molecule has 53 heavy (non-hydrogen) atoms. The summed E-state index contributed by atoms with van der Waals surface area (Å²) in [6.07, 6.45) is 10.1. The third kappa shape index (κ3) is 8.43. The molecule has 0 aliphatic carbocycles. The minimum Gasteiger partial charge on any atom is -0.436 e. The number of likely N-dealkylation sites (tertiary alicyclic amines) is 2.